The first-order valence-corrected chi connectivity index (χ1v) is 10.8. The smallest absolute Gasteiger partial charge is 0.352 e. The maximum absolute atomic E-state index is 12.8. The van der Waals surface area contributed by atoms with Gasteiger partial charge in [0.15, 0.2) is 5.13 Å². The third kappa shape index (κ3) is 5.20. The fourth-order valence-electron chi connectivity index (χ4n) is 2.86. The second-order valence-electron chi connectivity index (χ2n) is 6.46. The van der Waals surface area contributed by atoms with Crippen molar-refractivity contribution in [3.8, 4) is 0 Å². The molecule has 0 bridgehead atoms. The predicted octanol–water partition coefficient (Wildman–Crippen LogP) is -1.77. The molecule has 2 aliphatic heterocycles. The Kier molecular flexibility index (Phi) is 7.12. The summed E-state index contributed by atoms with van der Waals surface area (Å²) in [7, 11) is 0. The minimum Gasteiger partial charge on any atom is -0.479 e. The second kappa shape index (κ2) is 9.82. The number of carboxylic acids is 2. The van der Waals surface area contributed by atoms with Crippen molar-refractivity contribution >= 4 is 63.9 Å². The van der Waals surface area contributed by atoms with Crippen LogP contribution in [0.4, 0.5) is 5.13 Å². The van der Waals surface area contributed by atoms with Gasteiger partial charge >= 0.3 is 17.9 Å². The number of nitrogens with two attached hydrogens (primary N) is 1. The van der Waals surface area contributed by atoms with E-state index >= 15 is 0 Å². The maximum Gasteiger partial charge on any atom is 0.352 e. The Balaban J connectivity index is 1.78. The van der Waals surface area contributed by atoms with E-state index in [1.54, 1.807) is 0 Å². The van der Waals surface area contributed by atoms with Crippen molar-refractivity contribution in [1.82, 2.24) is 19.6 Å². The summed E-state index contributed by atoms with van der Waals surface area (Å²) >= 11 is 1.92. The van der Waals surface area contributed by atoms with Crippen LogP contribution in [0.15, 0.2) is 16.4 Å². The summed E-state index contributed by atoms with van der Waals surface area (Å²) < 4.78 is 8.68. The quantitative estimate of drug-likeness (QED) is 0.128. The number of hydrogen-bond acceptors (Lipinski definition) is 13. The van der Waals surface area contributed by atoms with Crippen LogP contribution in [-0.4, -0.2) is 90.3 Å². The third-order valence-electron chi connectivity index (χ3n) is 4.20. The molecule has 1 fully saturated rings. The van der Waals surface area contributed by atoms with Crippen molar-refractivity contribution in [1.29, 1.82) is 0 Å². The molecule has 176 valence electrons. The number of aliphatic carboxylic acids is 2. The van der Waals surface area contributed by atoms with Crippen LogP contribution >= 0.6 is 23.3 Å². The Hall–Kier alpha value is -3.73. The van der Waals surface area contributed by atoms with Crippen molar-refractivity contribution in [3.05, 3.63) is 17.1 Å². The molecule has 2 amide bonds. The number of amides is 2. The van der Waals surface area contributed by atoms with E-state index in [4.69, 9.17) is 15.6 Å². The fraction of sp³-hybridized carbons (Fsp3) is 0.375. The number of carboxylic acid groups (broad SMARTS) is 2. The fourth-order valence-corrected chi connectivity index (χ4v) is 4.62. The van der Waals surface area contributed by atoms with E-state index in [0.717, 1.165) is 28.2 Å². The molecule has 1 aromatic rings. The predicted molar refractivity (Wildman–Crippen MR) is 111 cm³/mol. The third-order valence-corrected chi connectivity index (χ3v) is 6.08. The lowest BCUT2D eigenvalue weighted by Crippen LogP contribution is -2.71. The molecule has 0 unspecified atom stereocenters. The number of anilines is 1. The number of ether oxygens (including phenoxy) is 1. The van der Waals surface area contributed by atoms with Crippen LogP contribution in [0.5, 0.6) is 0 Å². The lowest BCUT2D eigenvalue weighted by atomic mass is 10.0. The molecule has 3 heterocycles. The molecule has 5 N–H and O–H groups in total. The molecule has 1 aromatic heterocycles. The van der Waals surface area contributed by atoms with Gasteiger partial charge in [-0.15, -0.1) is 11.8 Å². The van der Waals surface area contributed by atoms with Crippen molar-refractivity contribution in [2.24, 2.45) is 5.16 Å². The minimum atomic E-state index is -1.38. The zero-order valence-corrected chi connectivity index (χ0v) is 18.3. The number of aromatic nitrogens is 2. The molecular formula is C16H16N6O9S2. The summed E-state index contributed by atoms with van der Waals surface area (Å²) in [5.74, 6) is -5.10. The van der Waals surface area contributed by atoms with Gasteiger partial charge in [0.25, 0.3) is 11.8 Å². The largest absolute Gasteiger partial charge is 0.479 e. The normalized spacial score (nSPS) is 20.0. The van der Waals surface area contributed by atoms with Gasteiger partial charge in [-0.3, -0.25) is 19.3 Å². The van der Waals surface area contributed by atoms with E-state index in [0.29, 0.717) is 0 Å². The summed E-state index contributed by atoms with van der Waals surface area (Å²) in [5.41, 5.74) is 4.92. The van der Waals surface area contributed by atoms with Crippen molar-refractivity contribution < 1.29 is 43.8 Å². The van der Waals surface area contributed by atoms with Gasteiger partial charge in [0.1, 0.15) is 23.7 Å². The molecule has 3 rings (SSSR count). The van der Waals surface area contributed by atoms with Gasteiger partial charge in [0.05, 0.1) is 0 Å². The molecular weight excluding hydrogens is 484 g/mol. The molecule has 2 atom stereocenters. The number of rotatable bonds is 9. The monoisotopic (exact) mass is 500 g/mol. The first-order valence-electron chi connectivity index (χ1n) is 8.95. The van der Waals surface area contributed by atoms with Gasteiger partial charge < -0.3 is 30.8 Å². The summed E-state index contributed by atoms with van der Waals surface area (Å²) in [6.07, 6.45) is 0. The van der Waals surface area contributed by atoms with E-state index in [-0.39, 0.29) is 34.6 Å². The van der Waals surface area contributed by atoms with Gasteiger partial charge in [-0.1, -0.05) is 5.16 Å². The Morgan fingerprint density at radius 1 is 1.33 bits per heavy atom. The average molecular weight is 500 g/mol. The lowest BCUT2D eigenvalue weighted by Gasteiger charge is -2.49. The zero-order chi connectivity index (χ0) is 24.3. The summed E-state index contributed by atoms with van der Waals surface area (Å²) in [6.45, 7) is 0.0409. The number of carbonyl (C=O) groups excluding carboxylic acids is 3. The van der Waals surface area contributed by atoms with Gasteiger partial charge in [-0.25, -0.2) is 9.59 Å². The van der Waals surface area contributed by atoms with Crippen LogP contribution in [-0.2, 0) is 33.5 Å². The molecule has 0 radical (unpaired) electrons. The Labute approximate surface area is 192 Å². The first-order chi connectivity index (χ1) is 15.6. The molecule has 0 saturated carbocycles. The number of nitrogens with one attached hydrogen (secondary N) is 1. The van der Waals surface area contributed by atoms with Gasteiger partial charge in [-0.2, -0.15) is 9.36 Å². The van der Waals surface area contributed by atoms with Crippen LogP contribution in [0.2, 0.25) is 0 Å². The molecule has 17 heteroatoms. The standard InChI is InChI=1S/C16H16N6O9S2/c1-5(23)30-2-6-4-32-14-9(13(27)22(14)10(6)15(28)29)18-12(26)8(20-31-3-7(24)25)11-19-16(17)33-21-11/h9,14H,2-4H2,1H3,(H,18,26)(H,24,25)(H,28,29)(H2,17,19,21)/t9-,14+/m1/s1. The zero-order valence-electron chi connectivity index (χ0n) is 16.7. The van der Waals surface area contributed by atoms with Crippen LogP contribution in [0, 0.1) is 0 Å². The number of carbonyl (C=O) groups is 5. The van der Waals surface area contributed by atoms with E-state index in [9.17, 15) is 29.1 Å². The van der Waals surface area contributed by atoms with Crippen LogP contribution in [0.25, 0.3) is 0 Å². The molecule has 15 nitrogen and oxygen atoms in total. The highest BCUT2D eigenvalue weighted by atomic mass is 32.2. The van der Waals surface area contributed by atoms with Gasteiger partial charge in [0, 0.05) is 29.8 Å². The number of esters is 1. The number of nitrogen functional groups attached to an aromatic ring is 1. The minimum absolute atomic E-state index is 0.00835. The van der Waals surface area contributed by atoms with Crippen LogP contribution in [0.1, 0.15) is 12.7 Å². The van der Waals surface area contributed by atoms with E-state index < -0.39 is 53.5 Å². The Morgan fingerprint density at radius 3 is 2.64 bits per heavy atom. The van der Waals surface area contributed by atoms with Crippen molar-refractivity contribution in [2.45, 2.75) is 18.3 Å². The highest BCUT2D eigenvalue weighted by molar-refractivity contribution is 8.00. The Morgan fingerprint density at radius 2 is 2.06 bits per heavy atom. The summed E-state index contributed by atoms with van der Waals surface area (Å²) in [4.78, 5) is 68.3. The number of oxime groups is 1. The molecule has 1 saturated heterocycles. The number of fused-ring (bicyclic) bond motifs is 1. The number of nitrogens with zero attached hydrogens (tertiary/aromatic N) is 4. The van der Waals surface area contributed by atoms with Crippen molar-refractivity contribution in [2.75, 3.05) is 24.7 Å². The Bertz CT molecular complexity index is 1080. The lowest BCUT2D eigenvalue weighted by molar-refractivity contribution is -0.150. The SMILES string of the molecule is CC(=O)OCC1=C(C(=O)O)N2C(=O)[C@@H](NC(=O)C(=NOCC(=O)O)c3nsc(N)n3)[C@@H]2SC1. The second-order valence-corrected chi connectivity index (χ2v) is 8.35. The van der Waals surface area contributed by atoms with E-state index in [1.807, 2.05) is 0 Å². The number of hydrogen-bond donors (Lipinski definition) is 4. The number of thioether (sulfide) groups is 1. The maximum atomic E-state index is 12.8. The van der Waals surface area contributed by atoms with Crippen molar-refractivity contribution in [3.63, 3.8) is 0 Å². The van der Waals surface area contributed by atoms with Gasteiger partial charge in [-0.05, 0) is 0 Å². The first kappa shape index (κ1) is 23.9. The summed E-state index contributed by atoms with van der Waals surface area (Å²) in [5, 5.41) is 23.4. The number of β-lactam (4-membered cyclic amide) rings is 1. The topological polar surface area (TPSA) is 224 Å². The van der Waals surface area contributed by atoms with Crippen LogP contribution in [0.3, 0.4) is 0 Å². The molecule has 0 aliphatic carbocycles. The van der Waals surface area contributed by atoms with Crippen LogP contribution < -0.4 is 11.1 Å². The molecule has 2 aliphatic rings. The highest BCUT2D eigenvalue weighted by Crippen LogP contribution is 2.40. The van der Waals surface area contributed by atoms with E-state index in [2.05, 4.69) is 24.7 Å². The van der Waals surface area contributed by atoms with E-state index in [1.165, 1.54) is 6.92 Å². The molecule has 33 heavy (non-hydrogen) atoms. The highest BCUT2D eigenvalue weighted by Gasteiger charge is 2.54. The molecule has 0 spiro atoms. The van der Waals surface area contributed by atoms with Gasteiger partial charge in [0.2, 0.25) is 18.1 Å². The summed E-state index contributed by atoms with van der Waals surface area (Å²) in [6, 6.07) is -1.12. The molecule has 0 aromatic carbocycles. The average Bonchev–Trinajstić information content (AvgIpc) is 3.17.